The molecule has 1 rings (SSSR count). The molecule has 0 aromatic heterocycles. The largest absolute Gasteiger partial charge is 0.406 e. The number of hydrogen-bond donors (Lipinski definition) is 1. The van der Waals surface area contributed by atoms with Gasteiger partial charge in [0.15, 0.2) is 0 Å². The molecule has 2 nitrogen and oxygen atoms in total. The predicted octanol–water partition coefficient (Wildman–Crippen LogP) is 1.47. The van der Waals surface area contributed by atoms with Crippen LogP contribution in [0, 0.1) is 0 Å². The standard InChI is InChI=1S/C6H7F6NO/c7-5(8,9)3-1-14-2-4(13-3)6(10,11)12/h3-4,13H,1-2H2. The average Bonchev–Trinajstić information content (AvgIpc) is 2.01. The summed E-state index contributed by atoms with van der Waals surface area (Å²) in [5, 5.41) is 1.46. The number of alkyl halides is 6. The van der Waals surface area contributed by atoms with Gasteiger partial charge in [-0.2, -0.15) is 26.3 Å². The van der Waals surface area contributed by atoms with E-state index in [9.17, 15) is 26.3 Å². The van der Waals surface area contributed by atoms with Gasteiger partial charge in [-0.15, -0.1) is 0 Å². The predicted molar refractivity (Wildman–Crippen MR) is 33.6 cm³/mol. The van der Waals surface area contributed by atoms with Gasteiger partial charge in [-0.05, 0) is 0 Å². The van der Waals surface area contributed by atoms with Gasteiger partial charge in [0.1, 0.15) is 12.1 Å². The van der Waals surface area contributed by atoms with Crippen molar-refractivity contribution in [3.8, 4) is 0 Å². The first-order valence-electron chi connectivity index (χ1n) is 3.68. The third-order valence-corrected chi connectivity index (χ3v) is 1.76. The molecule has 1 saturated heterocycles. The van der Waals surface area contributed by atoms with E-state index in [-0.39, 0.29) is 0 Å². The highest BCUT2D eigenvalue weighted by atomic mass is 19.4. The van der Waals surface area contributed by atoms with Gasteiger partial charge in [0, 0.05) is 0 Å². The second kappa shape index (κ2) is 3.58. The van der Waals surface area contributed by atoms with Crippen molar-refractivity contribution >= 4 is 0 Å². The fourth-order valence-electron chi connectivity index (χ4n) is 1.02. The highest BCUT2D eigenvalue weighted by Gasteiger charge is 2.49. The van der Waals surface area contributed by atoms with Crippen LogP contribution in [0.5, 0.6) is 0 Å². The summed E-state index contributed by atoms with van der Waals surface area (Å²) in [7, 11) is 0. The van der Waals surface area contributed by atoms with Crippen LogP contribution in [-0.2, 0) is 4.74 Å². The molecule has 1 heterocycles. The summed E-state index contributed by atoms with van der Waals surface area (Å²) >= 11 is 0. The van der Waals surface area contributed by atoms with Crippen LogP contribution in [0.2, 0.25) is 0 Å². The van der Waals surface area contributed by atoms with Crippen molar-refractivity contribution in [2.24, 2.45) is 0 Å². The molecular formula is C6H7F6NO. The molecule has 14 heavy (non-hydrogen) atoms. The van der Waals surface area contributed by atoms with E-state index in [1.165, 1.54) is 5.32 Å². The van der Waals surface area contributed by atoms with E-state index in [4.69, 9.17) is 0 Å². The van der Waals surface area contributed by atoms with Crippen molar-refractivity contribution < 1.29 is 31.1 Å². The second-order valence-corrected chi connectivity index (χ2v) is 2.89. The topological polar surface area (TPSA) is 21.3 Å². The molecular weight excluding hydrogens is 216 g/mol. The van der Waals surface area contributed by atoms with Crippen molar-refractivity contribution in [2.45, 2.75) is 24.4 Å². The molecule has 0 radical (unpaired) electrons. The third-order valence-electron chi connectivity index (χ3n) is 1.76. The van der Waals surface area contributed by atoms with Gasteiger partial charge in [0.05, 0.1) is 13.2 Å². The number of nitrogens with one attached hydrogen (secondary N) is 1. The molecule has 0 aliphatic carbocycles. The minimum absolute atomic E-state index is 0.782. The minimum Gasteiger partial charge on any atom is -0.377 e. The summed E-state index contributed by atoms with van der Waals surface area (Å²) < 4.78 is 76.2. The van der Waals surface area contributed by atoms with Gasteiger partial charge in [-0.25, -0.2) is 0 Å². The third kappa shape index (κ3) is 2.74. The van der Waals surface area contributed by atoms with Crippen LogP contribution in [0.4, 0.5) is 26.3 Å². The molecule has 1 aliphatic heterocycles. The first-order valence-corrected chi connectivity index (χ1v) is 3.68. The fraction of sp³-hybridized carbons (Fsp3) is 1.00. The molecule has 84 valence electrons. The molecule has 1 aliphatic rings. The van der Waals surface area contributed by atoms with E-state index in [2.05, 4.69) is 4.74 Å². The summed E-state index contributed by atoms with van der Waals surface area (Å²) in [5.74, 6) is 0. The molecule has 8 heteroatoms. The molecule has 2 atom stereocenters. The molecule has 0 aromatic rings. The molecule has 2 unspecified atom stereocenters. The number of morpholine rings is 1. The molecule has 1 N–H and O–H groups in total. The van der Waals surface area contributed by atoms with Crippen LogP contribution in [0.25, 0.3) is 0 Å². The van der Waals surface area contributed by atoms with Crippen LogP contribution in [0.1, 0.15) is 0 Å². The average molecular weight is 223 g/mol. The number of ether oxygens (including phenoxy) is 1. The molecule has 0 aromatic carbocycles. The minimum atomic E-state index is -4.72. The molecule has 0 spiro atoms. The van der Waals surface area contributed by atoms with E-state index in [0.717, 1.165) is 0 Å². The molecule has 0 amide bonds. The zero-order chi connectivity index (χ0) is 11.0. The lowest BCUT2D eigenvalue weighted by Crippen LogP contribution is -2.60. The Balaban J connectivity index is 2.61. The molecule has 0 bridgehead atoms. The maximum Gasteiger partial charge on any atom is 0.406 e. The zero-order valence-corrected chi connectivity index (χ0v) is 6.74. The Labute approximate surface area is 75.2 Å². The zero-order valence-electron chi connectivity index (χ0n) is 6.74. The fourth-order valence-corrected chi connectivity index (χ4v) is 1.02. The van der Waals surface area contributed by atoms with Gasteiger partial charge in [-0.1, -0.05) is 0 Å². The highest BCUT2D eigenvalue weighted by molar-refractivity contribution is 4.87. The van der Waals surface area contributed by atoms with Gasteiger partial charge in [-0.3, -0.25) is 5.32 Å². The van der Waals surface area contributed by atoms with Crippen molar-refractivity contribution in [3.05, 3.63) is 0 Å². The van der Waals surface area contributed by atoms with Crippen molar-refractivity contribution in [1.82, 2.24) is 5.32 Å². The maximum atomic E-state index is 12.0. The summed E-state index contributed by atoms with van der Waals surface area (Å²) in [5.41, 5.74) is 0. The SMILES string of the molecule is FC(F)(F)C1COCC(C(F)(F)F)N1. The summed E-state index contributed by atoms with van der Waals surface area (Å²) in [6, 6.07) is -4.49. The quantitative estimate of drug-likeness (QED) is 0.628. The van der Waals surface area contributed by atoms with Crippen molar-refractivity contribution in [1.29, 1.82) is 0 Å². The Morgan fingerprint density at radius 1 is 0.857 bits per heavy atom. The second-order valence-electron chi connectivity index (χ2n) is 2.89. The van der Waals surface area contributed by atoms with Crippen LogP contribution >= 0.6 is 0 Å². The smallest absolute Gasteiger partial charge is 0.377 e. The lowest BCUT2D eigenvalue weighted by Gasteiger charge is -2.33. The van der Waals surface area contributed by atoms with Gasteiger partial charge >= 0.3 is 12.4 Å². The van der Waals surface area contributed by atoms with Gasteiger partial charge < -0.3 is 4.74 Å². The Morgan fingerprint density at radius 2 is 1.21 bits per heavy atom. The first kappa shape index (κ1) is 11.6. The highest BCUT2D eigenvalue weighted by Crippen LogP contribution is 2.28. The summed E-state index contributed by atoms with van der Waals surface area (Å²) in [6.45, 7) is -1.56. The van der Waals surface area contributed by atoms with Crippen LogP contribution in [0.3, 0.4) is 0 Å². The van der Waals surface area contributed by atoms with Crippen molar-refractivity contribution in [3.63, 3.8) is 0 Å². The lowest BCUT2D eigenvalue weighted by atomic mass is 10.2. The van der Waals surface area contributed by atoms with E-state index >= 15 is 0 Å². The van der Waals surface area contributed by atoms with Gasteiger partial charge in [0.2, 0.25) is 0 Å². The van der Waals surface area contributed by atoms with Crippen LogP contribution in [0.15, 0.2) is 0 Å². The monoisotopic (exact) mass is 223 g/mol. The Kier molecular flexibility index (Phi) is 2.96. The normalized spacial score (nSPS) is 30.4. The number of rotatable bonds is 0. The summed E-state index contributed by atoms with van der Waals surface area (Å²) in [6.07, 6.45) is -9.44. The lowest BCUT2D eigenvalue weighted by molar-refractivity contribution is -0.221. The summed E-state index contributed by atoms with van der Waals surface area (Å²) in [4.78, 5) is 0. The molecule has 1 fully saturated rings. The van der Waals surface area contributed by atoms with E-state index < -0.39 is 37.7 Å². The Bertz CT molecular complexity index is 179. The van der Waals surface area contributed by atoms with E-state index in [0.29, 0.717) is 0 Å². The van der Waals surface area contributed by atoms with E-state index in [1.807, 2.05) is 0 Å². The maximum absolute atomic E-state index is 12.0. The van der Waals surface area contributed by atoms with Crippen LogP contribution < -0.4 is 5.32 Å². The number of hydrogen-bond acceptors (Lipinski definition) is 2. The molecule has 0 saturated carbocycles. The van der Waals surface area contributed by atoms with Crippen LogP contribution in [-0.4, -0.2) is 37.7 Å². The Hall–Kier alpha value is -0.500. The Morgan fingerprint density at radius 3 is 1.50 bits per heavy atom. The van der Waals surface area contributed by atoms with Gasteiger partial charge in [0.25, 0.3) is 0 Å². The first-order chi connectivity index (χ1) is 6.21. The number of halogens is 6. The van der Waals surface area contributed by atoms with E-state index in [1.54, 1.807) is 0 Å². The van der Waals surface area contributed by atoms with Crippen molar-refractivity contribution in [2.75, 3.05) is 13.2 Å².